The Balaban J connectivity index is 1.31. The third-order valence-electron chi connectivity index (χ3n) is 6.57. The first-order chi connectivity index (χ1) is 10.1. The van der Waals surface area contributed by atoms with Crippen LogP contribution in [0.3, 0.4) is 0 Å². The molecule has 0 heterocycles. The summed E-state index contributed by atoms with van der Waals surface area (Å²) in [5.74, 6) is 2.84. The molecule has 4 heteroatoms. The Morgan fingerprint density at radius 3 is 2.00 bits per heavy atom. The number of fused-ring (bicyclic) bond motifs is 2. The molecule has 0 unspecified atom stereocenters. The monoisotopic (exact) mass is 329 g/mol. The summed E-state index contributed by atoms with van der Waals surface area (Å²) in [5.41, 5.74) is 0. The minimum atomic E-state index is -0.448. The van der Waals surface area contributed by atoms with Crippen LogP contribution in [0.5, 0.6) is 0 Å². The average molecular weight is 330 g/mol. The Bertz CT molecular complexity index is 411. The van der Waals surface area contributed by atoms with Gasteiger partial charge in [-0.3, -0.25) is 4.79 Å². The van der Waals surface area contributed by atoms with Crippen LogP contribution in [-0.4, -0.2) is 16.3 Å². The number of halogens is 2. The van der Waals surface area contributed by atoms with Crippen LogP contribution in [0.1, 0.15) is 57.8 Å². The molecule has 4 atom stereocenters. The molecule has 4 aliphatic carbocycles. The van der Waals surface area contributed by atoms with E-state index in [9.17, 15) is 4.79 Å². The van der Waals surface area contributed by atoms with E-state index in [1.807, 2.05) is 0 Å². The van der Waals surface area contributed by atoms with Crippen LogP contribution in [-0.2, 0) is 4.79 Å². The summed E-state index contributed by atoms with van der Waals surface area (Å²) < 4.78 is -0.448. The number of amides is 1. The lowest BCUT2D eigenvalue weighted by Crippen LogP contribution is -2.37. The van der Waals surface area contributed by atoms with Crippen LogP contribution >= 0.6 is 23.2 Å². The topological polar surface area (TPSA) is 29.1 Å². The van der Waals surface area contributed by atoms with Crippen LogP contribution in [0.15, 0.2) is 0 Å². The number of alkyl halides is 2. The summed E-state index contributed by atoms with van der Waals surface area (Å²) in [6.45, 7) is 0. The van der Waals surface area contributed by atoms with Gasteiger partial charge in [0.05, 0.1) is 0 Å². The first-order valence-corrected chi connectivity index (χ1v) is 9.53. The van der Waals surface area contributed by atoms with Gasteiger partial charge < -0.3 is 5.32 Å². The van der Waals surface area contributed by atoms with E-state index in [0.717, 1.165) is 25.7 Å². The number of hydrogen-bond acceptors (Lipinski definition) is 1. The van der Waals surface area contributed by atoms with Crippen LogP contribution in [0, 0.1) is 29.6 Å². The van der Waals surface area contributed by atoms with Crippen molar-refractivity contribution in [3.8, 4) is 0 Å². The lowest BCUT2D eigenvalue weighted by molar-refractivity contribution is -0.123. The molecule has 4 rings (SSSR count). The van der Waals surface area contributed by atoms with Gasteiger partial charge in [0.25, 0.3) is 0 Å². The van der Waals surface area contributed by atoms with Crippen molar-refractivity contribution < 1.29 is 4.79 Å². The first kappa shape index (κ1) is 14.6. The minimum Gasteiger partial charge on any atom is -0.353 e. The summed E-state index contributed by atoms with van der Waals surface area (Å²) in [4.78, 5) is 12.5. The van der Waals surface area contributed by atoms with Crippen molar-refractivity contribution in [2.75, 3.05) is 0 Å². The zero-order valence-corrected chi connectivity index (χ0v) is 14.0. The summed E-state index contributed by atoms with van der Waals surface area (Å²) >= 11 is 12.7. The molecule has 1 amide bonds. The number of rotatable bonds is 2. The molecule has 1 N–H and O–H groups in total. The molecular formula is C17H25Cl2NO. The van der Waals surface area contributed by atoms with Crippen molar-refractivity contribution in [2.24, 2.45) is 29.6 Å². The maximum absolute atomic E-state index is 12.5. The second-order valence-electron chi connectivity index (χ2n) is 7.74. The molecule has 0 radical (unpaired) electrons. The van der Waals surface area contributed by atoms with Crippen LogP contribution in [0.4, 0.5) is 0 Å². The SMILES string of the molecule is O=C(NC1CCCCC1)C1[C@@H]2CC[C@@H]3[C@@H](CC[C@@H]12)C3(Cl)Cl. The summed E-state index contributed by atoms with van der Waals surface area (Å²) in [5, 5.41) is 3.33. The molecule has 4 fully saturated rings. The largest absolute Gasteiger partial charge is 0.353 e. The highest BCUT2D eigenvalue weighted by atomic mass is 35.5. The second kappa shape index (κ2) is 5.30. The fourth-order valence-electron chi connectivity index (χ4n) is 5.16. The van der Waals surface area contributed by atoms with Crippen LogP contribution in [0.25, 0.3) is 0 Å². The highest BCUT2D eigenvalue weighted by Gasteiger charge is 2.65. The maximum atomic E-state index is 12.5. The number of hydrogen-bond donors (Lipinski definition) is 1. The fourth-order valence-corrected chi connectivity index (χ4v) is 6.08. The van der Waals surface area contributed by atoms with E-state index in [-0.39, 0.29) is 0 Å². The van der Waals surface area contributed by atoms with Crippen LogP contribution in [0.2, 0.25) is 0 Å². The molecule has 21 heavy (non-hydrogen) atoms. The van der Waals surface area contributed by atoms with Gasteiger partial charge in [0.15, 0.2) is 0 Å². The molecule has 0 saturated heterocycles. The van der Waals surface area contributed by atoms with Crippen molar-refractivity contribution in [2.45, 2.75) is 68.2 Å². The molecule has 0 aromatic rings. The smallest absolute Gasteiger partial charge is 0.223 e. The maximum Gasteiger partial charge on any atom is 0.223 e. The van der Waals surface area contributed by atoms with Crippen molar-refractivity contribution in [1.82, 2.24) is 5.32 Å². The normalized spacial score (nSPS) is 44.8. The summed E-state index contributed by atoms with van der Waals surface area (Å²) in [6.07, 6.45) is 10.8. The van der Waals surface area contributed by atoms with Crippen molar-refractivity contribution in [3.63, 3.8) is 0 Å². The van der Waals surface area contributed by atoms with Gasteiger partial charge in [-0.05, 0) is 62.2 Å². The van der Waals surface area contributed by atoms with E-state index >= 15 is 0 Å². The Labute approximate surface area is 137 Å². The van der Waals surface area contributed by atoms with E-state index in [1.54, 1.807) is 0 Å². The zero-order valence-electron chi connectivity index (χ0n) is 12.5. The molecule has 0 aromatic heterocycles. The second-order valence-corrected chi connectivity index (χ2v) is 9.18. The minimum absolute atomic E-state index is 0.296. The predicted molar refractivity (Wildman–Crippen MR) is 85.4 cm³/mol. The molecule has 0 spiro atoms. The third-order valence-corrected chi connectivity index (χ3v) is 7.69. The van der Waals surface area contributed by atoms with Crippen molar-refractivity contribution >= 4 is 29.1 Å². The van der Waals surface area contributed by atoms with Gasteiger partial charge in [-0.1, -0.05) is 19.3 Å². The first-order valence-electron chi connectivity index (χ1n) is 8.77. The standard InChI is InChI=1S/C17H25Cl2NO/c18-17(19)13-8-6-11-12(7-9-14(13)17)15(11)16(21)20-10-4-2-1-3-5-10/h10-15H,1-9H2,(H,20,21)/t11-,12-,13-,14-/m1/s1. The molecule has 0 aliphatic heterocycles. The Morgan fingerprint density at radius 1 is 0.857 bits per heavy atom. The molecular weight excluding hydrogens is 305 g/mol. The van der Waals surface area contributed by atoms with Crippen LogP contribution < -0.4 is 5.32 Å². The third kappa shape index (κ3) is 2.61. The quantitative estimate of drug-likeness (QED) is 0.752. The Morgan fingerprint density at radius 2 is 1.43 bits per heavy atom. The fraction of sp³-hybridized carbons (Fsp3) is 0.941. The van der Waals surface area contributed by atoms with Gasteiger partial charge in [-0.25, -0.2) is 0 Å². The van der Waals surface area contributed by atoms with Gasteiger partial charge in [-0.15, -0.1) is 23.2 Å². The lowest BCUT2D eigenvalue weighted by atomic mass is 9.95. The van der Waals surface area contributed by atoms with Gasteiger partial charge >= 0.3 is 0 Å². The van der Waals surface area contributed by atoms with E-state index in [0.29, 0.717) is 41.5 Å². The highest BCUT2D eigenvalue weighted by Crippen LogP contribution is 2.67. The molecule has 2 nitrogen and oxygen atoms in total. The molecule has 4 aliphatic rings. The van der Waals surface area contributed by atoms with E-state index in [2.05, 4.69) is 5.32 Å². The summed E-state index contributed by atoms with van der Waals surface area (Å²) in [7, 11) is 0. The Hall–Kier alpha value is 0.0500. The molecule has 118 valence electrons. The average Bonchev–Trinajstić information content (AvgIpc) is 3.24. The van der Waals surface area contributed by atoms with Crippen molar-refractivity contribution in [3.05, 3.63) is 0 Å². The van der Waals surface area contributed by atoms with E-state index < -0.39 is 4.33 Å². The number of carbonyl (C=O) groups is 1. The zero-order chi connectivity index (χ0) is 14.6. The van der Waals surface area contributed by atoms with Gasteiger partial charge in [0, 0.05) is 12.0 Å². The number of carbonyl (C=O) groups excluding carboxylic acids is 1. The van der Waals surface area contributed by atoms with Gasteiger partial charge in [-0.2, -0.15) is 0 Å². The Kier molecular flexibility index (Phi) is 3.69. The summed E-state index contributed by atoms with van der Waals surface area (Å²) in [6, 6.07) is 0.449. The molecule has 0 aromatic carbocycles. The molecule has 4 saturated carbocycles. The van der Waals surface area contributed by atoms with Crippen molar-refractivity contribution in [1.29, 1.82) is 0 Å². The lowest BCUT2D eigenvalue weighted by Gasteiger charge is -2.22. The van der Waals surface area contributed by atoms with Gasteiger partial charge in [0.1, 0.15) is 4.33 Å². The van der Waals surface area contributed by atoms with E-state index in [4.69, 9.17) is 23.2 Å². The number of nitrogens with one attached hydrogen (secondary N) is 1. The van der Waals surface area contributed by atoms with E-state index in [1.165, 1.54) is 32.1 Å². The van der Waals surface area contributed by atoms with Gasteiger partial charge in [0.2, 0.25) is 5.91 Å². The predicted octanol–water partition coefficient (Wildman–Crippen LogP) is 4.29. The molecule has 0 bridgehead atoms. The highest BCUT2D eigenvalue weighted by molar-refractivity contribution is 6.51.